The molecule has 0 radical (unpaired) electrons. The summed E-state index contributed by atoms with van der Waals surface area (Å²) in [4.78, 5) is 26.8. The topological polar surface area (TPSA) is 111 Å². The van der Waals surface area contributed by atoms with Crippen molar-refractivity contribution < 1.29 is 4.79 Å². The Labute approximate surface area is 142 Å². The van der Waals surface area contributed by atoms with Gasteiger partial charge in [0.15, 0.2) is 11.6 Å². The molecule has 0 aromatic carbocycles. The molecule has 1 aliphatic rings. The zero-order chi connectivity index (χ0) is 16.2. The van der Waals surface area contributed by atoms with Crippen molar-refractivity contribution in [2.75, 3.05) is 23.7 Å². The molecular weight excluding hydrogens is 304 g/mol. The molecule has 3 rings (SSSR count). The van der Waals surface area contributed by atoms with Crippen molar-refractivity contribution in [2.45, 2.75) is 32.7 Å². The Kier molecular flexibility index (Phi) is 5.81. The van der Waals surface area contributed by atoms with Crippen molar-refractivity contribution in [3.05, 3.63) is 42.1 Å². The van der Waals surface area contributed by atoms with Crippen LogP contribution in [0.15, 0.2) is 30.9 Å². The molecule has 1 saturated heterocycles. The van der Waals surface area contributed by atoms with Gasteiger partial charge in [-0.1, -0.05) is 7.43 Å². The number of pyridine rings is 1. The first-order chi connectivity index (χ1) is 11.1. The Morgan fingerprint density at radius 1 is 1.29 bits per heavy atom. The van der Waals surface area contributed by atoms with Gasteiger partial charge in [-0.25, -0.2) is 9.97 Å². The first kappa shape index (κ1) is 17.8. The van der Waals surface area contributed by atoms with Gasteiger partial charge in [-0.05, 0) is 18.9 Å². The van der Waals surface area contributed by atoms with E-state index in [1.165, 1.54) is 12.4 Å². The summed E-state index contributed by atoms with van der Waals surface area (Å²) in [5.74, 6) is -0.00547. The highest BCUT2D eigenvalue weighted by Crippen LogP contribution is 2.24. The third kappa shape index (κ3) is 3.86. The van der Waals surface area contributed by atoms with Crippen LogP contribution in [0, 0.1) is 0 Å². The van der Waals surface area contributed by atoms with E-state index in [1.54, 1.807) is 12.4 Å². The van der Waals surface area contributed by atoms with E-state index >= 15 is 0 Å². The van der Waals surface area contributed by atoms with E-state index in [-0.39, 0.29) is 37.2 Å². The fraction of sp³-hybridized carbons (Fsp3) is 0.412. The van der Waals surface area contributed by atoms with Crippen molar-refractivity contribution in [3.63, 3.8) is 0 Å². The van der Waals surface area contributed by atoms with E-state index in [0.29, 0.717) is 0 Å². The lowest BCUT2D eigenvalue weighted by Gasteiger charge is -2.33. The summed E-state index contributed by atoms with van der Waals surface area (Å²) in [5, 5.41) is 0. The molecule has 24 heavy (non-hydrogen) atoms. The highest BCUT2D eigenvalue weighted by atomic mass is 16.1. The third-order valence-corrected chi connectivity index (χ3v) is 4.02. The van der Waals surface area contributed by atoms with E-state index in [0.717, 1.165) is 37.2 Å². The minimum absolute atomic E-state index is 0. The number of anilines is 2. The summed E-state index contributed by atoms with van der Waals surface area (Å²) in [5.41, 5.74) is 13.9. The quantitative estimate of drug-likeness (QED) is 0.817. The van der Waals surface area contributed by atoms with Crippen LogP contribution in [-0.2, 0) is 6.42 Å². The number of nitrogens with zero attached hydrogens (tertiary/aromatic N) is 4. The number of piperidine rings is 1. The van der Waals surface area contributed by atoms with Crippen LogP contribution in [0.3, 0.4) is 0 Å². The number of nitrogen functional groups attached to an aromatic ring is 1. The van der Waals surface area contributed by atoms with Gasteiger partial charge in [0, 0.05) is 61.6 Å². The lowest BCUT2D eigenvalue weighted by atomic mass is 10.0. The molecule has 7 nitrogen and oxygen atoms in total. The van der Waals surface area contributed by atoms with Crippen molar-refractivity contribution in [1.82, 2.24) is 15.0 Å². The predicted molar refractivity (Wildman–Crippen MR) is 94.9 cm³/mol. The van der Waals surface area contributed by atoms with Crippen LogP contribution in [0.2, 0.25) is 0 Å². The van der Waals surface area contributed by atoms with Gasteiger partial charge in [0.1, 0.15) is 5.69 Å². The summed E-state index contributed by atoms with van der Waals surface area (Å²) in [7, 11) is 0. The summed E-state index contributed by atoms with van der Waals surface area (Å²) in [6, 6.07) is 2.09. The third-order valence-electron chi connectivity index (χ3n) is 4.02. The molecule has 1 fully saturated rings. The first-order valence-electron chi connectivity index (χ1n) is 7.68. The van der Waals surface area contributed by atoms with Crippen molar-refractivity contribution in [1.29, 1.82) is 0 Å². The van der Waals surface area contributed by atoms with Gasteiger partial charge in [0.05, 0.1) is 0 Å². The minimum Gasteiger partial charge on any atom is -0.382 e. The lowest BCUT2D eigenvalue weighted by molar-refractivity contribution is 0.0989. The molecule has 0 aliphatic carbocycles. The molecule has 0 saturated carbocycles. The normalized spacial score (nSPS) is 17.2. The lowest BCUT2D eigenvalue weighted by Crippen LogP contribution is -2.43. The molecule has 1 atom stereocenters. The van der Waals surface area contributed by atoms with Gasteiger partial charge in [0.25, 0.3) is 0 Å². The smallest absolute Gasteiger partial charge is 0.189 e. The van der Waals surface area contributed by atoms with Crippen LogP contribution < -0.4 is 16.4 Å². The molecular formula is C17H24N6O. The largest absolute Gasteiger partial charge is 0.382 e. The Morgan fingerprint density at radius 2 is 2.08 bits per heavy atom. The SMILES string of the molecule is C.Nc1nccnc1C(=O)Cc1cnccc1N1CCC[C@H](N)C1. The van der Waals surface area contributed by atoms with E-state index in [2.05, 4.69) is 19.9 Å². The second-order valence-corrected chi connectivity index (χ2v) is 5.74. The molecule has 0 amide bonds. The second kappa shape index (κ2) is 7.83. The Morgan fingerprint density at radius 3 is 2.83 bits per heavy atom. The van der Waals surface area contributed by atoms with Crippen LogP contribution in [-0.4, -0.2) is 39.9 Å². The maximum Gasteiger partial charge on any atom is 0.189 e. The molecule has 2 aromatic heterocycles. The fourth-order valence-electron chi connectivity index (χ4n) is 2.91. The Balaban J connectivity index is 0.00000208. The van der Waals surface area contributed by atoms with Crippen molar-refractivity contribution in [3.8, 4) is 0 Å². The van der Waals surface area contributed by atoms with Gasteiger partial charge >= 0.3 is 0 Å². The molecule has 4 N–H and O–H groups in total. The molecule has 0 bridgehead atoms. The zero-order valence-corrected chi connectivity index (χ0v) is 12.9. The second-order valence-electron chi connectivity index (χ2n) is 5.74. The number of ketones is 1. The number of nitrogens with two attached hydrogens (primary N) is 2. The molecule has 2 aromatic rings. The average Bonchev–Trinajstić information content (AvgIpc) is 2.55. The molecule has 0 spiro atoms. The predicted octanol–water partition coefficient (Wildman–Crippen LogP) is 1.44. The van der Waals surface area contributed by atoms with Crippen LogP contribution in [0.1, 0.15) is 36.3 Å². The molecule has 128 valence electrons. The molecule has 3 heterocycles. The van der Waals surface area contributed by atoms with E-state index in [9.17, 15) is 4.79 Å². The molecule has 0 unspecified atom stereocenters. The maximum absolute atomic E-state index is 12.5. The number of Topliss-reactive ketones (excluding diaryl/α,β-unsaturated/α-hetero) is 1. The Bertz CT molecular complexity index is 705. The van der Waals surface area contributed by atoms with Gasteiger partial charge in [-0.3, -0.25) is 9.78 Å². The van der Waals surface area contributed by atoms with Crippen LogP contribution in [0.4, 0.5) is 11.5 Å². The van der Waals surface area contributed by atoms with E-state index < -0.39 is 0 Å². The zero-order valence-electron chi connectivity index (χ0n) is 12.9. The van der Waals surface area contributed by atoms with Gasteiger partial charge in [-0.15, -0.1) is 0 Å². The fourth-order valence-corrected chi connectivity index (χ4v) is 2.91. The number of hydrogen-bond donors (Lipinski definition) is 2. The maximum atomic E-state index is 12.5. The molecule has 7 heteroatoms. The van der Waals surface area contributed by atoms with Gasteiger partial charge in [0.2, 0.25) is 0 Å². The van der Waals surface area contributed by atoms with Gasteiger partial charge in [-0.2, -0.15) is 0 Å². The standard InChI is InChI=1S/C16H20N6O.CH4/c17-12-2-1-7-22(10-12)13-3-4-19-9-11(13)8-14(23)15-16(18)21-6-5-20-15;/h3-6,9,12H,1-2,7-8,10,17H2,(H2,18,21);1H4/t12-;/m0./s1. The average molecular weight is 328 g/mol. The monoisotopic (exact) mass is 328 g/mol. The Hall–Kier alpha value is -2.54. The van der Waals surface area contributed by atoms with Crippen molar-refractivity contribution in [2.24, 2.45) is 5.73 Å². The van der Waals surface area contributed by atoms with Crippen molar-refractivity contribution >= 4 is 17.3 Å². The number of carbonyl (C=O) groups is 1. The van der Waals surface area contributed by atoms with E-state index in [4.69, 9.17) is 11.5 Å². The van der Waals surface area contributed by atoms with Gasteiger partial charge < -0.3 is 16.4 Å². The summed E-state index contributed by atoms with van der Waals surface area (Å²) >= 11 is 0. The minimum atomic E-state index is -0.161. The van der Waals surface area contributed by atoms with Crippen LogP contribution in [0.5, 0.6) is 0 Å². The number of aromatic nitrogens is 3. The summed E-state index contributed by atoms with van der Waals surface area (Å²) in [6.07, 6.45) is 8.67. The molecule has 1 aliphatic heterocycles. The summed E-state index contributed by atoms with van der Waals surface area (Å²) < 4.78 is 0. The highest BCUT2D eigenvalue weighted by Gasteiger charge is 2.21. The van der Waals surface area contributed by atoms with E-state index in [1.807, 2.05) is 6.07 Å². The number of carbonyl (C=O) groups excluding carboxylic acids is 1. The van der Waals surface area contributed by atoms with Crippen LogP contribution in [0.25, 0.3) is 0 Å². The highest BCUT2D eigenvalue weighted by molar-refractivity contribution is 5.99. The first-order valence-corrected chi connectivity index (χ1v) is 7.68. The number of rotatable bonds is 4. The summed E-state index contributed by atoms with van der Waals surface area (Å²) in [6.45, 7) is 1.73. The van der Waals surface area contributed by atoms with Crippen LogP contribution >= 0.6 is 0 Å². The number of hydrogen-bond acceptors (Lipinski definition) is 7.